The zero-order chi connectivity index (χ0) is 16.5. The molecule has 1 aromatic carbocycles. The highest BCUT2D eigenvalue weighted by atomic mass is 16.7. The lowest BCUT2D eigenvalue weighted by Gasteiger charge is -2.42. The standard InChI is InChI=1S/C19H26BNO2/c1-5-18(6-2)19(7-3,8-4)23-20(22-18)16-11-12-17-15(14-16)10-9-13-21-17/h9-14H,5-8H2,1-4H3. The molecule has 2 aromatic rings. The molecule has 0 aliphatic carbocycles. The number of aromatic nitrogens is 1. The monoisotopic (exact) mass is 311 g/mol. The van der Waals surface area contributed by atoms with Crippen LogP contribution in [0.15, 0.2) is 36.5 Å². The molecule has 0 unspecified atom stereocenters. The average Bonchev–Trinajstić information content (AvgIpc) is 2.96. The fourth-order valence-electron chi connectivity index (χ4n) is 4.15. The highest BCUT2D eigenvalue weighted by molar-refractivity contribution is 6.62. The van der Waals surface area contributed by atoms with Gasteiger partial charge in [-0.3, -0.25) is 4.98 Å². The lowest BCUT2D eigenvalue weighted by molar-refractivity contribution is -0.0601. The van der Waals surface area contributed by atoms with E-state index in [2.05, 4.69) is 56.9 Å². The Morgan fingerprint density at radius 3 is 2.09 bits per heavy atom. The Morgan fingerprint density at radius 2 is 1.52 bits per heavy atom. The van der Waals surface area contributed by atoms with Gasteiger partial charge in [0, 0.05) is 6.20 Å². The SMILES string of the molecule is CCC1(CC)OB(c2ccc3ncccc3c2)OC1(CC)CC. The fraction of sp³-hybridized carbons (Fsp3) is 0.526. The summed E-state index contributed by atoms with van der Waals surface area (Å²) in [6.07, 6.45) is 5.70. The lowest BCUT2D eigenvalue weighted by atomic mass is 9.75. The maximum absolute atomic E-state index is 6.54. The molecule has 0 spiro atoms. The summed E-state index contributed by atoms with van der Waals surface area (Å²) in [5.41, 5.74) is 1.68. The van der Waals surface area contributed by atoms with E-state index in [9.17, 15) is 0 Å². The zero-order valence-corrected chi connectivity index (χ0v) is 14.6. The Hall–Kier alpha value is -1.39. The minimum absolute atomic E-state index is 0.203. The van der Waals surface area contributed by atoms with E-state index < -0.39 is 0 Å². The van der Waals surface area contributed by atoms with Crippen molar-refractivity contribution < 1.29 is 9.31 Å². The van der Waals surface area contributed by atoms with Crippen LogP contribution in [-0.2, 0) is 9.31 Å². The molecule has 2 heterocycles. The summed E-state index contributed by atoms with van der Waals surface area (Å²) >= 11 is 0. The predicted molar refractivity (Wildman–Crippen MR) is 95.9 cm³/mol. The van der Waals surface area contributed by atoms with Gasteiger partial charge >= 0.3 is 7.12 Å². The first-order valence-electron chi connectivity index (χ1n) is 8.84. The quantitative estimate of drug-likeness (QED) is 0.779. The van der Waals surface area contributed by atoms with Crippen LogP contribution < -0.4 is 5.46 Å². The van der Waals surface area contributed by atoms with Crippen LogP contribution in [0.3, 0.4) is 0 Å². The van der Waals surface area contributed by atoms with Crippen molar-refractivity contribution in [1.29, 1.82) is 0 Å². The second-order valence-corrected chi connectivity index (χ2v) is 6.43. The van der Waals surface area contributed by atoms with E-state index in [1.165, 1.54) is 0 Å². The summed E-state index contributed by atoms with van der Waals surface area (Å²) in [5, 5.41) is 1.13. The molecule has 0 saturated carbocycles. The predicted octanol–water partition coefficient (Wildman–Crippen LogP) is 4.09. The van der Waals surface area contributed by atoms with Gasteiger partial charge in [-0.2, -0.15) is 0 Å². The van der Waals surface area contributed by atoms with E-state index in [0.717, 1.165) is 42.0 Å². The Labute approximate surface area is 139 Å². The van der Waals surface area contributed by atoms with Crippen LogP contribution in [0.25, 0.3) is 10.9 Å². The highest BCUT2D eigenvalue weighted by Gasteiger charge is 2.58. The first-order chi connectivity index (χ1) is 11.1. The first-order valence-corrected chi connectivity index (χ1v) is 8.84. The number of fused-ring (bicyclic) bond motifs is 1. The lowest BCUT2D eigenvalue weighted by Crippen LogP contribution is -2.50. The van der Waals surface area contributed by atoms with Crippen molar-refractivity contribution in [2.24, 2.45) is 0 Å². The van der Waals surface area contributed by atoms with Crippen LogP contribution in [0.2, 0.25) is 0 Å². The number of hydrogen-bond acceptors (Lipinski definition) is 3. The molecule has 0 radical (unpaired) electrons. The van der Waals surface area contributed by atoms with Crippen LogP contribution in [0.1, 0.15) is 53.4 Å². The topological polar surface area (TPSA) is 31.4 Å². The van der Waals surface area contributed by atoms with Crippen molar-refractivity contribution in [2.75, 3.05) is 0 Å². The van der Waals surface area contributed by atoms with Crippen molar-refractivity contribution >= 4 is 23.5 Å². The van der Waals surface area contributed by atoms with E-state index >= 15 is 0 Å². The van der Waals surface area contributed by atoms with Gasteiger partial charge in [0.25, 0.3) is 0 Å². The third-order valence-electron chi connectivity index (χ3n) is 5.68. The van der Waals surface area contributed by atoms with E-state index in [-0.39, 0.29) is 18.3 Å². The van der Waals surface area contributed by atoms with Crippen molar-refractivity contribution in [2.45, 2.75) is 64.6 Å². The van der Waals surface area contributed by atoms with Gasteiger partial charge in [-0.1, -0.05) is 45.9 Å². The van der Waals surface area contributed by atoms with Crippen LogP contribution in [0, 0.1) is 0 Å². The molecule has 3 rings (SSSR count). The number of benzene rings is 1. The molecule has 0 amide bonds. The van der Waals surface area contributed by atoms with Crippen molar-refractivity contribution in [1.82, 2.24) is 4.98 Å². The molecule has 1 saturated heterocycles. The van der Waals surface area contributed by atoms with Gasteiger partial charge in [0.1, 0.15) is 0 Å². The van der Waals surface area contributed by atoms with Crippen molar-refractivity contribution in [3.63, 3.8) is 0 Å². The molecule has 122 valence electrons. The molecule has 1 aliphatic rings. The summed E-state index contributed by atoms with van der Waals surface area (Å²) in [7, 11) is -0.292. The number of nitrogens with zero attached hydrogens (tertiary/aromatic N) is 1. The number of rotatable bonds is 5. The Bertz CT molecular complexity index is 660. The summed E-state index contributed by atoms with van der Waals surface area (Å²) in [6, 6.07) is 10.3. The van der Waals surface area contributed by atoms with E-state index in [1.807, 2.05) is 12.3 Å². The number of hydrogen-bond donors (Lipinski definition) is 0. The maximum Gasteiger partial charge on any atom is 0.494 e. The molecule has 0 atom stereocenters. The van der Waals surface area contributed by atoms with Crippen LogP contribution in [-0.4, -0.2) is 23.3 Å². The van der Waals surface area contributed by atoms with Gasteiger partial charge in [-0.25, -0.2) is 0 Å². The second kappa shape index (κ2) is 6.25. The Balaban J connectivity index is 2.00. The normalized spacial score (nSPS) is 19.4. The molecule has 0 N–H and O–H groups in total. The Kier molecular flexibility index (Phi) is 4.48. The molecule has 23 heavy (non-hydrogen) atoms. The van der Waals surface area contributed by atoms with Gasteiger partial charge in [0.15, 0.2) is 0 Å². The molecule has 0 bridgehead atoms. The van der Waals surface area contributed by atoms with Gasteiger partial charge in [0.2, 0.25) is 0 Å². The fourth-order valence-corrected chi connectivity index (χ4v) is 4.15. The van der Waals surface area contributed by atoms with Crippen molar-refractivity contribution in [3.05, 3.63) is 36.5 Å². The Morgan fingerprint density at radius 1 is 0.913 bits per heavy atom. The van der Waals surface area contributed by atoms with Gasteiger partial charge in [-0.15, -0.1) is 0 Å². The minimum Gasteiger partial charge on any atom is -0.399 e. The largest absolute Gasteiger partial charge is 0.494 e. The minimum atomic E-state index is -0.292. The number of pyridine rings is 1. The smallest absolute Gasteiger partial charge is 0.399 e. The third-order valence-corrected chi connectivity index (χ3v) is 5.68. The van der Waals surface area contributed by atoms with Gasteiger partial charge in [0.05, 0.1) is 16.7 Å². The van der Waals surface area contributed by atoms with Crippen molar-refractivity contribution in [3.8, 4) is 0 Å². The third kappa shape index (κ3) is 2.49. The van der Waals surface area contributed by atoms with E-state index in [1.54, 1.807) is 0 Å². The summed E-state index contributed by atoms with van der Waals surface area (Å²) < 4.78 is 13.1. The summed E-state index contributed by atoms with van der Waals surface area (Å²) in [4.78, 5) is 4.39. The van der Waals surface area contributed by atoms with E-state index in [0.29, 0.717) is 0 Å². The van der Waals surface area contributed by atoms with Gasteiger partial charge < -0.3 is 9.31 Å². The highest BCUT2D eigenvalue weighted by Crippen LogP contribution is 2.46. The van der Waals surface area contributed by atoms with Crippen LogP contribution >= 0.6 is 0 Å². The molecular weight excluding hydrogens is 285 g/mol. The van der Waals surface area contributed by atoms with Crippen LogP contribution in [0.4, 0.5) is 0 Å². The second-order valence-electron chi connectivity index (χ2n) is 6.43. The molecule has 1 fully saturated rings. The maximum atomic E-state index is 6.54. The molecule has 1 aliphatic heterocycles. The molecule has 4 heteroatoms. The molecular formula is C19H26BNO2. The first kappa shape index (κ1) is 16.5. The summed E-state index contributed by atoms with van der Waals surface area (Å²) in [6.45, 7) is 8.83. The van der Waals surface area contributed by atoms with Gasteiger partial charge in [-0.05, 0) is 48.7 Å². The van der Waals surface area contributed by atoms with Crippen LogP contribution in [0.5, 0.6) is 0 Å². The zero-order valence-electron chi connectivity index (χ0n) is 14.6. The average molecular weight is 311 g/mol. The summed E-state index contributed by atoms with van der Waals surface area (Å²) in [5.74, 6) is 0. The van der Waals surface area contributed by atoms with E-state index in [4.69, 9.17) is 9.31 Å². The molecule has 3 nitrogen and oxygen atoms in total. The molecule has 1 aromatic heterocycles.